The van der Waals surface area contributed by atoms with Crippen molar-refractivity contribution >= 4 is 13.5 Å². The second-order valence-corrected chi connectivity index (χ2v) is 11.2. The molecule has 0 aliphatic rings. The van der Waals surface area contributed by atoms with Gasteiger partial charge in [0, 0.05) is 6.42 Å². The van der Waals surface area contributed by atoms with E-state index in [0.29, 0.717) is 6.42 Å². The van der Waals surface area contributed by atoms with Crippen LogP contribution in [0.15, 0.2) is 30.3 Å². The maximum atomic E-state index is 14.2. The van der Waals surface area contributed by atoms with Gasteiger partial charge in [-0.25, -0.2) is 0 Å². The Hall–Kier alpha value is -1.38. The van der Waals surface area contributed by atoms with Crippen molar-refractivity contribution in [3.8, 4) is 0 Å². The molecule has 0 fully saturated rings. The number of alkyl halides is 2. The Bertz CT molecular complexity index is 777. The number of carbonyl (C=O) groups excluding carboxylic acids is 1. The third kappa shape index (κ3) is 11.8. The molecule has 1 aromatic carbocycles. The zero-order chi connectivity index (χ0) is 27.0. The second kappa shape index (κ2) is 17.2. The summed E-state index contributed by atoms with van der Waals surface area (Å²) in [4.78, 5) is 30.4. The zero-order valence-electron chi connectivity index (χ0n) is 21.3. The van der Waals surface area contributed by atoms with E-state index in [0.717, 1.165) is 25.7 Å². The van der Waals surface area contributed by atoms with Crippen molar-refractivity contribution in [1.29, 1.82) is 0 Å². The Kier molecular flexibility index (Phi) is 15.6. The summed E-state index contributed by atoms with van der Waals surface area (Å²) >= 11 is 0. The van der Waals surface area contributed by atoms with Gasteiger partial charge in [-0.05, 0) is 12.0 Å². The molecule has 7 nitrogen and oxygen atoms in total. The van der Waals surface area contributed by atoms with Gasteiger partial charge >= 0.3 is 13.3 Å². The van der Waals surface area contributed by atoms with E-state index < -0.39 is 37.4 Å². The van der Waals surface area contributed by atoms with Crippen LogP contribution >= 0.6 is 7.60 Å². The summed E-state index contributed by atoms with van der Waals surface area (Å²) in [7, 11) is -6.05. The fourth-order valence-electron chi connectivity index (χ4n) is 4.14. The molecule has 1 rings (SSSR count). The maximum absolute atomic E-state index is 14.2. The van der Waals surface area contributed by atoms with Gasteiger partial charge in [0.15, 0.2) is 6.10 Å². The van der Waals surface area contributed by atoms with Crippen LogP contribution in [0.3, 0.4) is 0 Å². The molecule has 0 spiro atoms. The normalized spacial score (nSPS) is 14.9. The number of rotatable bonds is 20. The molecular weight excluding hydrogens is 491 g/mol. The fourth-order valence-corrected chi connectivity index (χ4v) is 4.64. The summed E-state index contributed by atoms with van der Waals surface area (Å²) in [6.45, 7) is 2.21. The highest BCUT2D eigenvalue weighted by atomic mass is 31.2. The number of hydrogen-bond donors (Lipinski definition) is 5. The van der Waals surface area contributed by atoms with Crippen molar-refractivity contribution in [2.45, 2.75) is 121 Å². The first-order chi connectivity index (χ1) is 17.0. The van der Waals surface area contributed by atoms with Gasteiger partial charge in [0.25, 0.3) is 0 Å². The molecule has 0 saturated heterocycles. The quantitative estimate of drug-likeness (QED) is 0.106. The molecule has 1 aromatic rings. The van der Waals surface area contributed by atoms with Gasteiger partial charge in [-0.2, -0.15) is 8.78 Å². The number of amides is 1. The van der Waals surface area contributed by atoms with E-state index in [1.54, 1.807) is 6.07 Å². The molecule has 1 unspecified atom stereocenters. The summed E-state index contributed by atoms with van der Waals surface area (Å²) < 4.78 is 39.6. The number of halogens is 2. The number of carbonyl (C=O) groups is 1. The van der Waals surface area contributed by atoms with E-state index >= 15 is 0 Å². The van der Waals surface area contributed by atoms with Crippen molar-refractivity contribution in [3.05, 3.63) is 35.9 Å². The van der Waals surface area contributed by atoms with E-state index in [1.807, 2.05) is 0 Å². The molecule has 0 aliphatic carbocycles. The molecule has 0 radical (unpaired) electrons. The first-order valence-electron chi connectivity index (χ1n) is 13.2. The third-order valence-electron chi connectivity index (χ3n) is 6.40. The monoisotopic (exact) mass is 535 g/mol. The molecule has 0 aromatic heterocycles. The molecule has 0 saturated carbocycles. The maximum Gasteiger partial charge on any atom is 0.397 e. The lowest BCUT2D eigenvalue weighted by Crippen LogP contribution is -2.54. The van der Waals surface area contributed by atoms with Crippen LogP contribution in [0.25, 0.3) is 0 Å². The lowest BCUT2D eigenvalue weighted by Gasteiger charge is -2.33. The van der Waals surface area contributed by atoms with Crippen molar-refractivity contribution in [2.75, 3.05) is 0 Å². The van der Waals surface area contributed by atoms with Crippen LogP contribution in [0.2, 0.25) is 0 Å². The molecule has 5 N–H and O–H groups in total. The van der Waals surface area contributed by atoms with Gasteiger partial charge in [-0.15, -0.1) is 0 Å². The van der Waals surface area contributed by atoms with E-state index in [-0.39, 0.29) is 12.0 Å². The topological polar surface area (TPSA) is 127 Å². The van der Waals surface area contributed by atoms with Gasteiger partial charge in [0.1, 0.15) is 6.10 Å². The van der Waals surface area contributed by atoms with Crippen LogP contribution in [-0.4, -0.2) is 43.7 Å². The SMILES string of the molecule is CCCCCCCCCCCCCCCC(=O)N[C@H](C(O)C(F)(F)P(=O)(O)O)[C@@H](O)c1ccccc1. The van der Waals surface area contributed by atoms with Gasteiger partial charge in [-0.1, -0.05) is 114 Å². The Morgan fingerprint density at radius 3 is 1.75 bits per heavy atom. The molecule has 36 heavy (non-hydrogen) atoms. The van der Waals surface area contributed by atoms with E-state index in [2.05, 4.69) is 12.2 Å². The average molecular weight is 536 g/mol. The third-order valence-corrected chi connectivity index (χ3v) is 7.44. The predicted octanol–water partition coefficient (Wildman–Crippen LogP) is 5.82. The lowest BCUT2D eigenvalue weighted by molar-refractivity contribution is -0.130. The summed E-state index contributed by atoms with van der Waals surface area (Å²) in [5.41, 5.74) is -4.74. The van der Waals surface area contributed by atoms with Crippen LogP contribution in [0, 0.1) is 0 Å². The van der Waals surface area contributed by atoms with Crippen molar-refractivity contribution in [3.63, 3.8) is 0 Å². The van der Waals surface area contributed by atoms with E-state index in [9.17, 15) is 28.4 Å². The van der Waals surface area contributed by atoms with Crippen LogP contribution in [0.5, 0.6) is 0 Å². The summed E-state index contributed by atoms with van der Waals surface area (Å²) in [5, 5.41) is 22.8. The molecular formula is C26H44F2NO6P. The van der Waals surface area contributed by atoms with Crippen LogP contribution in [0.1, 0.15) is 108 Å². The van der Waals surface area contributed by atoms with Gasteiger partial charge in [0.2, 0.25) is 5.91 Å². The lowest BCUT2D eigenvalue weighted by atomic mass is 9.97. The van der Waals surface area contributed by atoms with Crippen LogP contribution < -0.4 is 5.32 Å². The smallest absolute Gasteiger partial charge is 0.386 e. The summed E-state index contributed by atoms with van der Waals surface area (Å²) in [5.74, 6) is -0.682. The van der Waals surface area contributed by atoms with Crippen molar-refractivity contribution in [2.24, 2.45) is 0 Å². The Balaban J connectivity index is 2.45. The highest BCUT2D eigenvalue weighted by Gasteiger charge is 2.58. The first kappa shape index (κ1) is 32.6. The van der Waals surface area contributed by atoms with Crippen molar-refractivity contribution in [1.82, 2.24) is 5.32 Å². The number of aliphatic hydroxyl groups excluding tert-OH is 2. The fraction of sp³-hybridized carbons (Fsp3) is 0.731. The minimum absolute atomic E-state index is 0.00995. The van der Waals surface area contributed by atoms with Crippen LogP contribution in [-0.2, 0) is 9.36 Å². The molecule has 0 aliphatic heterocycles. The Morgan fingerprint density at radius 2 is 1.31 bits per heavy atom. The molecule has 10 heteroatoms. The Morgan fingerprint density at radius 1 is 0.861 bits per heavy atom. The minimum atomic E-state index is -6.05. The number of nitrogens with one attached hydrogen (secondary N) is 1. The zero-order valence-corrected chi connectivity index (χ0v) is 22.2. The van der Waals surface area contributed by atoms with E-state index in [4.69, 9.17) is 9.79 Å². The molecule has 3 atom stereocenters. The predicted molar refractivity (Wildman–Crippen MR) is 137 cm³/mol. The Labute approximate surface area is 213 Å². The second-order valence-electron chi connectivity index (χ2n) is 9.52. The first-order valence-corrected chi connectivity index (χ1v) is 14.8. The number of hydrogen-bond acceptors (Lipinski definition) is 4. The highest BCUT2D eigenvalue weighted by Crippen LogP contribution is 2.55. The summed E-state index contributed by atoms with van der Waals surface area (Å²) in [6, 6.07) is 5.47. The van der Waals surface area contributed by atoms with Crippen LogP contribution in [0.4, 0.5) is 8.78 Å². The summed E-state index contributed by atoms with van der Waals surface area (Å²) in [6.07, 6.45) is 9.81. The number of unbranched alkanes of at least 4 members (excludes halogenated alkanes) is 12. The van der Waals surface area contributed by atoms with Gasteiger partial charge < -0.3 is 25.3 Å². The highest BCUT2D eigenvalue weighted by molar-refractivity contribution is 7.53. The largest absolute Gasteiger partial charge is 0.397 e. The molecule has 1 amide bonds. The number of benzene rings is 1. The standard InChI is InChI=1S/C26H44F2NO6P/c1-2-3-4-5-6-7-8-9-10-11-12-13-17-20-22(30)29-23(24(31)21-18-15-14-16-19-21)25(32)26(27,28)36(33,34)35/h14-16,18-19,23-25,31-32H,2-13,17,20H2,1H3,(H,29,30)(H2,33,34,35)/t23-,24-,25?/m0/s1. The molecule has 208 valence electrons. The van der Waals surface area contributed by atoms with Crippen molar-refractivity contribution < 1.29 is 38.1 Å². The minimum Gasteiger partial charge on any atom is -0.386 e. The molecule has 0 bridgehead atoms. The van der Waals surface area contributed by atoms with Gasteiger partial charge in [0.05, 0.1) is 6.04 Å². The number of aliphatic hydroxyl groups is 2. The van der Waals surface area contributed by atoms with E-state index in [1.165, 1.54) is 75.6 Å². The van der Waals surface area contributed by atoms with Gasteiger partial charge in [-0.3, -0.25) is 9.36 Å². The molecule has 0 heterocycles. The average Bonchev–Trinajstić information content (AvgIpc) is 2.84.